The standard InChI is InChI=1S/C20H18ClF2N3O4S/c1-3-9-31(28,29)11-15-17(23)18(12-7-8-16(27)26(2)10-12)25-20(24-15)30-19-13(21)5-4-6-14(19)22/h4-8,10H,3,9,11H2,1-2H3. The summed E-state index contributed by atoms with van der Waals surface area (Å²) in [6.45, 7) is 1.68. The van der Waals surface area contributed by atoms with Crippen LogP contribution in [-0.4, -0.2) is 28.7 Å². The lowest BCUT2D eigenvalue weighted by molar-refractivity contribution is 0.406. The molecule has 0 bridgehead atoms. The second kappa shape index (κ2) is 9.11. The molecule has 3 aromatic rings. The predicted molar refractivity (Wildman–Crippen MR) is 112 cm³/mol. The normalized spacial score (nSPS) is 11.5. The Hall–Kier alpha value is -2.85. The first-order chi connectivity index (χ1) is 14.6. The molecule has 0 spiro atoms. The second-order valence-corrected chi connectivity index (χ2v) is 9.32. The van der Waals surface area contributed by atoms with E-state index in [1.807, 2.05) is 0 Å². The average Bonchev–Trinajstić information content (AvgIpc) is 2.69. The summed E-state index contributed by atoms with van der Waals surface area (Å²) in [7, 11) is -2.20. The largest absolute Gasteiger partial charge is 0.420 e. The van der Waals surface area contributed by atoms with Gasteiger partial charge in [0.05, 0.1) is 22.2 Å². The number of benzene rings is 1. The zero-order valence-electron chi connectivity index (χ0n) is 16.6. The molecular formula is C20H18ClF2N3O4S. The fraction of sp³-hybridized carbons (Fsp3) is 0.250. The Bertz CT molecular complexity index is 1280. The van der Waals surface area contributed by atoms with Crippen molar-refractivity contribution in [2.75, 3.05) is 5.75 Å². The molecule has 11 heteroatoms. The summed E-state index contributed by atoms with van der Waals surface area (Å²) in [5.74, 6) is -3.03. The highest BCUT2D eigenvalue weighted by atomic mass is 35.5. The van der Waals surface area contributed by atoms with Crippen LogP contribution in [0.2, 0.25) is 5.02 Å². The van der Waals surface area contributed by atoms with E-state index in [9.17, 15) is 17.6 Å². The fourth-order valence-corrected chi connectivity index (χ4v) is 4.38. The molecule has 0 radical (unpaired) electrons. The third-order valence-electron chi connectivity index (χ3n) is 4.24. The van der Waals surface area contributed by atoms with Gasteiger partial charge in [-0.25, -0.2) is 17.2 Å². The summed E-state index contributed by atoms with van der Waals surface area (Å²) in [6, 6.07) is 5.90. The van der Waals surface area contributed by atoms with Crippen molar-refractivity contribution in [2.24, 2.45) is 7.05 Å². The van der Waals surface area contributed by atoms with Crippen molar-refractivity contribution in [1.82, 2.24) is 14.5 Å². The van der Waals surface area contributed by atoms with Crippen molar-refractivity contribution >= 4 is 21.4 Å². The van der Waals surface area contributed by atoms with E-state index in [4.69, 9.17) is 16.3 Å². The van der Waals surface area contributed by atoms with Gasteiger partial charge in [0, 0.05) is 24.9 Å². The van der Waals surface area contributed by atoms with E-state index in [0.29, 0.717) is 6.42 Å². The number of hydrogen-bond donors (Lipinski definition) is 0. The Morgan fingerprint density at radius 2 is 1.90 bits per heavy atom. The van der Waals surface area contributed by atoms with Crippen molar-refractivity contribution < 1.29 is 21.9 Å². The number of sulfone groups is 1. The maximum Gasteiger partial charge on any atom is 0.323 e. The molecular weight excluding hydrogens is 452 g/mol. The minimum absolute atomic E-state index is 0.0725. The van der Waals surface area contributed by atoms with Crippen molar-refractivity contribution in [3.05, 3.63) is 69.2 Å². The highest BCUT2D eigenvalue weighted by molar-refractivity contribution is 7.90. The fourth-order valence-electron chi connectivity index (χ4n) is 2.80. The molecule has 7 nitrogen and oxygen atoms in total. The Balaban J connectivity index is 2.17. The Morgan fingerprint density at radius 3 is 2.55 bits per heavy atom. The van der Waals surface area contributed by atoms with Gasteiger partial charge in [0.25, 0.3) is 0 Å². The molecule has 0 aliphatic carbocycles. The Morgan fingerprint density at radius 1 is 1.16 bits per heavy atom. The summed E-state index contributed by atoms with van der Waals surface area (Å²) >= 11 is 5.96. The summed E-state index contributed by atoms with van der Waals surface area (Å²) in [6.07, 6.45) is 1.68. The predicted octanol–water partition coefficient (Wildman–Crippen LogP) is 3.89. The molecule has 31 heavy (non-hydrogen) atoms. The van der Waals surface area contributed by atoms with Crippen molar-refractivity contribution in [2.45, 2.75) is 19.1 Å². The minimum atomic E-state index is -3.67. The Kier molecular flexibility index (Phi) is 6.71. The van der Waals surface area contributed by atoms with Crippen LogP contribution in [0.1, 0.15) is 19.0 Å². The second-order valence-electron chi connectivity index (χ2n) is 6.73. The van der Waals surface area contributed by atoms with Crippen molar-refractivity contribution in [1.29, 1.82) is 0 Å². The molecule has 0 fully saturated rings. The van der Waals surface area contributed by atoms with Gasteiger partial charge in [-0.05, 0) is 24.6 Å². The van der Waals surface area contributed by atoms with Crippen LogP contribution >= 0.6 is 11.6 Å². The van der Waals surface area contributed by atoms with Gasteiger partial charge in [0.15, 0.2) is 27.2 Å². The molecule has 0 aliphatic heterocycles. The van der Waals surface area contributed by atoms with Crippen molar-refractivity contribution in [3.63, 3.8) is 0 Å². The Labute approximate surface area is 182 Å². The molecule has 3 rings (SSSR count). The molecule has 0 N–H and O–H groups in total. The number of para-hydroxylation sites is 1. The molecule has 0 atom stereocenters. The molecule has 0 amide bonds. The van der Waals surface area contributed by atoms with Crippen LogP contribution in [0.25, 0.3) is 11.3 Å². The van der Waals surface area contributed by atoms with Crippen LogP contribution in [0.3, 0.4) is 0 Å². The molecule has 0 aliphatic rings. The van der Waals surface area contributed by atoms with E-state index < -0.39 is 38.9 Å². The summed E-state index contributed by atoms with van der Waals surface area (Å²) in [4.78, 5) is 19.5. The maximum atomic E-state index is 15.2. The first-order valence-corrected chi connectivity index (χ1v) is 11.4. The molecule has 1 aromatic carbocycles. The first-order valence-electron chi connectivity index (χ1n) is 9.17. The number of halogens is 3. The molecule has 164 valence electrons. The SMILES string of the molecule is CCCS(=O)(=O)Cc1nc(Oc2c(F)cccc2Cl)nc(-c2ccc(=O)n(C)c2)c1F. The number of rotatable bonds is 7. The topological polar surface area (TPSA) is 91.2 Å². The highest BCUT2D eigenvalue weighted by Gasteiger charge is 2.23. The first kappa shape index (κ1) is 22.8. The van der Waals surface area contributed by atoms with Crippen LogP contribution in [0.4, 0.5) is 8.78 Å². The summed E-state index contributed by atoms with van der Waals surface area (Å²) in [5, 5.41) is -0.0725. The lowest BCUT2D eigenvalue weighted by Gasteiger charge is -2.12. The van der Waals surface area contributed by atoms with Gasteiger partial charge in [0.1, 0.15) is 5.69 Å². The number of aromatic nitrogens is 3. The van der Waals surface area contributed by atoms with Gasteiger partial charge in [-0.1, -0.05) is 24.6 Å². The zero-order valence-corrected chi connectivity index (χ0v) is 18.2. The van der Waals surface area contributed by atoms with Crippen LogP contribution in [0, 0.1) is 11.6 Å². The number of aryl methyl sites for hydroxylation is 1. The lowest BCUT2D eigenvalue weighted by Crippen LogP contribution is -2.16. The number of hydrogen-bond acceptors (Lipinski definition) is 6. The van der Waals surface area contributed by atoms with Crippen molar-refractivity contribution in [3.8, 4) is 23.0 Å². The number of pyridine rings is 1. The summed E-state index contributed by atoms with van der Waals surface area (Å²) < 4.78 is 60.5. The highest BCUT2D eigenvalue weighted by Crippen LogP contribution is 2.32. The van der Waals surface area contributed by atoms with Gasteiger partial charge < -0.3 is 9.30 Å². The molecule has 2 heterocycles. The number of ether oxygens (including phenoxy) is 1. The molecule has 0 saturated carbocycles. The maximum absolute atomic E-state index is 15.2. The van der Waals surface area contributed by atoms with Gasteiger partial charge in [-0.15, -0.1) is 0 Å². The minimum Gasteiger partial charge on any atom is -0.420 e. The van der Waals surface area contributed by atoms with E-state index >= 15 is 4.39 Å². The van der Waals surface area contributed by atoms with Gasteiger partial charge in [-0.3, -0.25) is 4.79 Å². The van der Waals surface area contributed by atoms with E-state index in [-0.39, 0.29) is 33.3 Å². The van der Waals surface area contributed by atoms with Gasteiger partial charge in [-0.2, -0.15) is 9.97 Å². The van der Waals surface area contributed by atoms with E-state index in [1.54, 1.807) is 6.92 Å². The number of nitrogens with zero attached hydrogens (tertiary/aromatic N) is 3. The van der Waals surface area contributed by atoms with E-state index in [2.05, 4.69) is 9.97 Å². The third-order valence-corrected chi connectivity index (χ3v) is 6.28. The van der Waals surface area contributed by atoms with Crippen LogP contribution in [-0.2, 0) is 22.6 Å². The average molecular weight is 470 g/mol. The van der Waals surface area contributed by atoms with E-state index in [0.717, 1.165) is 6.07 Å². The monoisotopic (exact) mass is 469 g/mol. The smallest absolute Gasteiger partial charge is 0.323 e. The van der Waals surface area contributed by atoms with Gasteiger partial charge >= 0.3 is 6.01 Å². The van der Waals surface area contributed by atoms with Crippen LogP contribution < -0.4 is 10.3 Å². The molecule has 0 saturated heterocycles. The third kappa shape index (κ3) is 5.26. The summed E-state index contributed by atoms with van der Waals surface area (Å²) in [5.41, 5.74) is -0.885. The molecule has 0 unspecified atom stereocenters. The van der Waals surface area contributed by atoms with Crippen LogP contribution in [0.15, 0.2) is 41.3 Å². The van der Waals surface area contributed by atoms with Gasteiger partial charge in [0.2, 0.25) is 5.56 Å². The van der Waals surface area contributed by atoms with Crippen LogP contribution in [0.5, 0.6) is 11.8 Å². The lowest BCUT2D eigenvalue weighted by atomic mass is 10.1. The zero-order chi connectivity index (χ0) is 22.8. The van der Waals surface area contributed by atoms with E-state index in [1.165, 1.54) is 42.1 Å². The quantitative estimate of drug-likeness (QED) is 0.521. The molecule has 2 aromatic heterocycles.